The highest BCUT2D eigenvalue weighted by atomic mass is 35.5. The second-order valence-corrected chi connectivity index (χ2v) is 7.65. The van der Waals surface area contributed by atoms with E-state index in [0.717, 1.165) is 37.2 Å². The van der Waals surface area contributed by atoms with Gasteiger partial charge in [-0.1, -0.05) is 18.0 Å². The largest absolute Gasteiger partial charge is 0.480 e. The second kappa shape index (κ2) is 6.93. The SMILES string of the molecule is O=C([C@H]1Cc2cc(Cl)ccc2O1)N1CCC(N2CCCCC2)CC1. The van der Waals surface area contributed by atoms with Crippen LogP contribution in [0.4, 0.5) is 0 Å². The van der Waals surface area contributed by atoms with Crippen LogP contribution in [0.2, 0.25) is 5.02 Å². The van der Waals surface area contributed by atoms with E-state index in [2.05, 4.69) is 4.90 Å². The van der Waals surface area contributed by atoms with Gasteiger partial charge in [-0.05, 0) is 62.5 Å². The van der Waals surface area contributed by atoms with E-state index in [1.54, 1.807) is 0 Å². The fraction of sp³-hybridized carbons (Fsp3) is 0.632. The van der Waals surface area contributed by atoms with E-state index in [9.17, 15) is 4.79 Å². The van der Waals surface area contributed by atoms with E-state index < -0.39 is 0 Å². The van der Waals surface area contributed by atoms with Gasteiger partial charge in [0.2, 0.25) is 0 Å². The molecule has 0 radical (unpaired) electrons. The summed E-state index contributed by atoms with van der Waals surface area (Å²) in [7, 11) is 0. The number of halogens is 1. The van der Waals surface area contributed by atoms with Gasteiger partial charge in [-0.3, -0.25) is 4.79 Å². The zero-order valence-electron chi connectivity index (χ0n) is 14.0. The monoisotopic (exact) mass is 348 g/mol. The number of ether oxygens (including phenoxy) is 1. The molecule has 0 aromatic heterocycles. The molecule has 2 saturated heterocycles. The number of nitrogens with zero attached hydrogens (tertiary/aromatic N) is 2. The Hall–Kier alpha value is -1.26. The van der Waals surface area contributed by atoms with Crippen molar-refractivity contribution in [1.29, 1.82) is 0 Å². The summed E-state index contributed by atoms with van der Waals surface area (Å²) < 4.78 is 5.86. The molecule has 0 unspecified atom stereocenters. The van der Waals surface area contributed by atoms with Crippen molar-refractivity contribution in [2.24, 2.45) is 0 Å². The van der Waals surface area contributed by atoms with Crippen LogP contribution in [0.25, 0.3) is 0 Å². The van der Waals surface area contributed by atoms with Gasteiger partial charge in [0.25, 0.3) is 5.91 Å². The molecule has 0 aliphatic carbocycles. The van der Waals surface area contributed by atoms with Crippen LogP contribution in [0.5, 0.6) is 5.75 Å². The lowest BCUT2D eigenvalue weighted by Gasteiger charge is -2.40. The van der Waals surface area contributed by atoms with Crippen molar-refractivity contribution in [1.82, 2.24) is 9.80 Å². The van der Waals surface area contributed by atoms with Crippen LogP contribution in [-0.4, -0.2) is 54.0 Å². The minimum atomic E-state index is -0.370. The molecule has 3 aliphatic rings. The Morgan fingerprint density at radius 3 is 2.58 bits per heavy atom. The Morgan fingerprint density at radius 1 is 1.08 bits per heavy atom. The standard InChI is InChI=1S/C19H25ClN2O2/c20-15-4-5-17-14(12-15)13-18(24-17)19(23)22-10-6-16(7-11-22)21-8-2-1-3-9-21/h4-5,12,16,18H,1-3,6-11,13H2/t18-/m1/s1. The number of benzene rings is 1. The second-order valence-electron chi connectivity index (χ2n) is 7.22. The predicted molar refractivity (Wildman–Crippen MR) is 94.6 cm³/mol. The van der Waals surface area contributed by atoms with E-state index in [4.69, 9.17) is 16.3 Å². The topological polar surface area (TPSA) is 32.8 Å². The molecule has 1 amide bonds. The smallest absolute Gasteiger partial charge is 0.263 e. The van der Waals surface area contributed by atoms with Gasteiger partial charge >= 0.3 is 0 Å². The maximum atomic E-state index is 12.8. The highest BCUT2D eigenvalue weighted by Gasteiger charge is 2.35. The summed E-state index contributed by atoms with van der Waals surface area (Å²) >= 11 is 6.03. The molecule has 1 aromatic rings. The van der Waals surface area contributed by atoms with Crippen molar-refractivity contribution >= 4 is 17.5 Å². The van der Waals surface area contributed by atoms with Crippen LogP contribution >= 0.6 is 11.6 Å². The average Bonchev–Trinajstić information content (AvgIpc) is 3.05. The number of hydrogen-bond acceptors (Lipinski definition) is 3. The quantitative estimate of drug-likeness (QED) is 0.823. The molecule has 0 saturated carbocycles. The first kappa shape index (κ1) is 16.2. The third-order valence-electron chi connectivity index (χ3n) is 5.66. The Morgan fingerprint density at radius 2 is 1.83 bits per heavy atom. The van der Waals surface area contributed by atoms with E-state index in [-0.39, 0.29) is 12.0 Å². The Bertz CT molecular complexity index is 607. The van der Waals surface area contributed by atoms with Gasteiger partial charge in [0.15, 0.2) is 6.10 Å². The molecule has 0 spiro atoms. The van der Waals surface area contributed by atoms with Gasteiger partial charge in [-0.15, -0.1) is 0 Å². The van der Waals surface area contributed by atoms with Gasteiger partial charge < -0.3 is 14.5 Å². The first-order valence-electron chi connectivity index (χ1n) is 9.18. The highest BCUT2D eigenvalue weighted by molar-refractivity contribution is 6.30. The van der Waals surface area contributed by atoms with Crippen LogP contribution in [0, 0.1) is 0 Å². The molecule has 5 heteroatoms. The Balaban J connectivity index is 1.32. The molecule has 0 bridgehead atoms. The molecule has 2 fully saturated rings. The number of carbonyl (C=O) groups is 1. The van der Waals surface area contributed by atoms with Gasteiger partial charge in [0.1, 0.15) is 5.75 Å². The maximum Gasteiger partial charge on any atom is 0.263 e. The van der Waals surface area contributed by atoms with E-state index in [0.29, 0.717) is 17.5 Å². The lowest BCUT2D eigenvalue weighted by atomic mass is 9.99. The number of carbonyl (C=O) groups excluding carboxylic acids is 1. The summed E-state index contributed by atoms with van der Waals surface area (Å²) in [6, 6.07) is 6.26. The minimum absolute atomic E-state index is 0.138. The van der Waals surface area contributed by atoms with Crippen molar-refractivity contribution in [2.75, 3.05) is 26.2 Å². The molecule has 24 heavy (non-hydrogen) atoms. The van der Waals surface area contributed by atoms with Gasteiger partial charge in [0, 0.05) is 30.6 Å². The number of piperidine rings is 2. The summed E-state index contributed by atoms with van der Waals surface area (Å²) in [6.45, 7) is 4.19. The first-order chi connectivity index (χ1) is 11.7. The number of rotatable bonds is 2. The minimum Gasteiger partial charge on any atom is -0.480 e. The van der Waals surface area contributed by atoms with Crippen molar-refractivity contribution in [2.45, 2.75) is 50.7 Å². The van der Waals surface area contributed by atoms with Gasteiger partial charge in [0.05, 0.1) is 0 Å². The molecule has 4 rings (SSSR count). The summed E-state index contributed by atoms with van der Waals surface area (Å²) in [4.78, 5) is 17.4. The molecule has 1 aromatic carbocycles. The molecular weight excluding hydrogens is 324 g/mol. The molecule has 130 valence electrons. The zero-order chi connectivity index (χ0) is 16.5. The fourth-order valence-corrected chi connectivity index (χ4v) is 4.49. The van der Waals surface area contributed by atoms with Crippen molar-refractivity contribution < 1.29 is 9.53 Å². The normalized spacial score (nSPS) is 25.4. The van der Waals surface area contributed by atoms with Crippen LogP contribution in [0.15, 0.2) is 18.2 Å². The van der Waals surface area contributed by atoms with Crippen LogP contribution in [0.1, 0.15) is 37.7 Å². The molecule has 0 N–H and O–H groups in total. The van der Waals surface area contributed by atoms with E-state index in [1.807, 2.05) is 23.1 Å². The van der Waals surface area contributed by atoms with Crippen molar-refractivity contribution in [3.05, 3.63) is 28.8 Å². The van der Waals surface area contributed by atoms with E-state index in [1.165, 1.54) is 32.4 Å². The Kier molecular flexibility index (Phi) is 4.68. The summed E-state index contributed by atoms with van der Waals surface area (Å²) in [6.07, 6.45) is 6.49. The first-order valence-corrected chi connectivity index (χ1v) is 9.56. The van der Waals surface area contributed by atoms with Gasteiger partial charge in [-0.25, -0.2) is 0 Å². The van der Waals surface area contributed by atoms with Crippen molar-refractivity contribution in [3.8, 4) is 5.75 Å². The summed E-state index contributed by atoms with van der Waals surface area (Å²) in [5, 5.41) is 0.702. The fourth-order valence-electron chi connectivity index (χ4n) is 4.29. The predicted octanol–water partition coefficient (Wildman–Crippen LogP) is 3.12. The average molecular weight is 349 g/mol. The molecule has 1 atom stereocenters. The zero-order valence-corrected chi connectivity index (χ0v) is 14.8. The molecular formula is C19H25ClN2O2. The number of hydrogen-bond donors (Lipinski definition) is 0. The number of likely N-dealkylation sites (tertiary alicyclic amines) is 2. The molecule has 3 heterocycles. The van der Waals surface area contributed by atoms with E-state index >= 15 is 0 Å². The number of amides is 1. The lowest BCUT2D eigenvalue weighted by Crippen LogP contribution is -2.50. The summed E-state index contributed by atoms with van der Waals surface area (Å²) in [5.74, 6) is 0.945. The number of fused-ring (bicyclic) bond motifs is 1. The van der Waals surface area contributed by atoms with Crippen LogP contribution < -0.4 is 4.74 Å². The molecule has 3 aliphatic heterocycles. The van der Waals surface area contributed by atoms with Crippen molar-refractivity contribution in [3.63, 3.8) is 0 Å². The highest BCUT2D eigenvalue weighted by Crippen LogP contribution is 2.32. The third kappa shape index (κ3) is 3.27. The van der Waals surface area contributed by atoms with Crippen LogP contribution in [0.3, 0.4) is 0 Å². The van der Waals surface area contributed by atoms with Crippen LogP contribution in [-0.2, 0) is 11.2 Å². The maximum absolute atomic E-state index is 12.8. The third-order valence-corrected chi connectivity index (χ3v) is 5.89. The Labute approximate surface area is 148 Å². The summed E-state index contributed by atoms with van der Waals surface area (Å²) in [5.41, 5.74) is 1.05. The lowest BCUT2D eigenvalue weighted by molar-refractivity contribution is -0.139. The molecule has 4 nitrogen and oxygen atoms in total. The van der Waals surface area contributed by atoms with Gasteiger partial charge in [-0.2, -0.15) is 0 Å².